The first-order valence-corrected chi connectivity index (χ1v) is 7.81. The number of benzene rings is 1. The number of nitrogens with one attached hydrogen (secondary N) is 1. The summed E-state index contributed by atoms with van der Waals surface area (Å²) in [5.41, 5.74) is 1.16. The number of carbonyl (C=O) groups is 2. The van der Waals surface area contributed by atoms with Crippen LogP contribution in [0.25, 0.3) is 0 Å². The molecule has 2 N–H and O–H groups in total. The lowest BCUT2D eigenvalue weighted by molar-refractivity contribution is -0.137. The normalized spacial score (nSPS) is 11.9. The van der Waals surface area contributed by atoms with Crippen molar-refractivity contribution in [2.45, 2.75) is 24.5 Å². The van der Waals surface area contributed by atoms with Crippen LogP contribution in [0.4, 0.5) is 5.82 Å². The molecule has 1 atom stereocenters. The molecule has 116 valence electrons. The van der Waals surface area contributed by atoms with Crippen LogP contribution >= 0.6 is 11.8 Å². The SMILES string of the molecule is CC(SCc1ccccc1)C(=O)Nc1ccn(CC(=O)O)n1. The maximum absolute atomic E-state index is 12.1. The summed E-state index contributed by atoms with van der Waals surface area (Å²) in [5.74, 6) is -0.0178. The van der Waals surface area contributed by atoms with Gasteiger partial charge in [0, 0.05) is 18.0 Å². The van der Waals surface area contributed by atoms with Gasteiger partial charge in [-0.25, -0.2) is 0 Å². The average molecular weight is 319 g/mol. The molecule has 22 heavy (non-hydrogen) atoms. The van der Waals surface area contributed by atoms with Gasteiger partial charge in [-0.3, -0.25) is 14.3 Å². The van der Waals surface area contributed by atoms with Crippen LogP contribution in [0, 0.1) is 0 Å². The Kier molecular flexibility index (Phi) is 5.60. The van der Waals surface area contributed by atoms with Crippen molar-refractivity contribution in [3.8, 4) is 0 Å². The van der Waals surface area contributed by atoms with E-state index < -0.39 is 5.97 Å². The molecule has 1 amide bonds. The Hall–Kier alpha value is -2.28. The van der Waals surface area contributed by atoms with E-state index >= 15 is 0 Å². The minimum absolute atomic E-state index is 0.151. The highest BCUT2D eigenvalue weighted by Gasteiger charge is 2.15. The summed E-state index contributed by atoms with van der Waals surface area (Å²) in [7, 11) is 0. The topological polar surface area (TPSA) is 84.2 Å². The van der Waals surface area contributed by atoms with E-state index in [2.05, 4.69) is 10.4 Å². The molecule has 0 radical (unpaired) electrons. The number of hydrogen-bond acceptors (Lipinski definition) is 4. The maximum Gasteiger partial charge on any atom is 0.325 e. The van der Waals surface area contributed by atoms with Crippen LogP contribution in [0.1, 0.15) is 12.5 Å². The van der Waals surface area contributed by atoms with Gasteiger partial charge in [-0.2, -0.15) is 5.10 Å². The van der Waals surface area contributed by atoms with Crippen LogP contribution in [0.3, 0.4) is 0 Å². The molecule has 1 aromatic heterocycles. The van der Waals surface area contributed by atoms with Crippen LogP contribution in [0.2, 0.25) is 0 Å². The lowest BCUT2D eigenvalue weighted by atomic mass is 10.2. The zero-order valence-corrected chi connectivity index (χ0v) is 12.9. The van der Waals surface area contributed by atoms with Gasteiger partial charge in [0.15, 0.2) is 5.82 Å². The van der Waals surface area contributed by atoms with Crippen LogP contribution in [0.15, 0.2) is 42.6 Å². The summed E-state index contributed by atoms with van der Waals surface area (Å²) in [5, 5.41) is 15.1. The van der Waals surface area contributed by atoms with E-state index in [1.807, 2.05) is 37.3 Å². The largest absolute Gasteiger partial charge is 0.480 e. The van der Waals surface area contributed by atoms with Gasteiger partial charge in [-0.15, -0.1) is 11.8 Å². The highest BCUT2D eigenvalue weighted by Crippen LogP contribution is 2.18. The van der Waals surface area contributed by atoms with Gasteiger partial charge in [0.05, 0.1) is 5.25 Å². The van der Waals surface area contributed by atoms with Gasteiger partial charge >= 0.3 is 5.97 Å². The Labute approximate surface area is 132 Å². The Balaban J connectivity index is 1.83. The number of aromatic nitrogens is 2. The first-order chi connectivity index (χ1) is 10.5. The number of hydrogen-bond donors (Lipinski definition) is 2. The molecule has 2 aromatic rings. The highest BCUT2D eigenvalue weighted by molar-refractivity contribution is 7.99. The Bertz CT molecular complexity index is 642. The summed E-state index contributed by atoms with van der Waals surface area (Å²) >= 11 is 1.53. The van der Waals surface area contributed by atoms with E-state index in [0.29, 0.717) is 5.82 Å². The smallest absolute Gasteiger partial charge is 0.325 e. The van der Waals surface area contributed by atoms with E-state index in [1.54, 1.807) is 6.07 Å². The molecule has 0 saturated carbocycles. The third kappa shape index (κ3) is 4.92. The van der Waals surface area contributed by atoms with Crippen molar-refractivity contribution in [3.05, 3.63) is 48.2 Å². The molecule has 6 nitrogen and oxygen atoms in total. The van der Waals surface area contributed by atoms with Crippen molar-refractivity contribution in [1.29, 1.82) is 0 Å². The molecule has 0 aliphatic rings. The third-order valence-corrected chi connectivity index (χ3v) is 4.12. The Morgan fingerprint density at radius 3 is 2.73 bits per heavy atom. The molecule has 7 heteroatoms. The zero-order chi connectivity index (χ0) is 15.9. The van der Waals surface area contributed by atoms with Crippen molar-refractivity contribution < 1.29 is 14.7 Å². The molecule has 0 saturated heterocycles. The number of amides is 1. The molecule has 0 aliphatic carbocycles. The van der Waals surface area contributed by atoms with Crippen LogP contribution in [-0.2, 0) is 21.9 Å². The second-order valence-corrected chi connectivity index (χ2v) is 6.05. The van der Waals surface area contributed by atoms with Crippen molar-refractivity contribution in [2.75, 3.05) is 5.32 Å². The number of rotatable bonds is 7. The Morgan fingerprint density at radius 2 is 2.05 bits per heavy atom. The van der Waals surface area contributed by atoms with Gasteiger partial charge < -0.3 is 10.4 Å². The maximum atomic E-state index is 12.1. The summed E-state index contributed by atoms with van der Waals surface area (Å²) in [4.78, 5) is 22.6. The first-order valence-electron chi connectivity index (χ1n) is 6.76. The number of thioether (sulfide) groups is 1. The number of nitrogens with zero attached hydrogens (tertiary/aromatic N) is 2. The molecule has 1 aromatic carbocycles. The lowest BCUT2D eigenvalue weighted by Crippen LogP contribution is -2.23. The van der Waals surface area contributed by atoms with Crippen LogP contribution < -0.4 is 5.32 Å². The molecule has 0 spiro atoms. The minimum atomic E-state index is -0.979. The summed E-state index contributed by atoms with van der Waals surface area (Å²) in [6, 6.07) is 11.5. The summed E-state index contributed by atoms with van der Waals surface area (Å²) in [6.45, 7) is 1.60. The average Bonchev–Trinajstić information content (AvgIpc) is 2.92. The molecule has 1 unspecified atom stereocenters. The van der Waals surface area contributed by atoms with Crippen molar-refractivity contribution >= 4 is 29.5 Å². The zero-order valence-electron chi connectivity index (χ0n) is 12.1. The second kappa shape index (κ2) is 7.65. The third-order valence-electron chi connectivity index (χ3n) is 2.90. The lowest BCUT2D eigenvalue weighted by Gasteiger charge is -2.10. The monoisotopic (exact) mass is 319 g/mol. The molecular formula is C15H17N3O3S. The standard InChI is InChI=1S/C15H17N3O3S/c1-11(22-10-12-5-3-2-4-6-12)15(21)16-13-7-8-18(17-13)9-14(19)20/h2-8,11H,9-10H2,1H3,(H,19,20)(H,16,17,21). The number of carbonyl (C=O) groups excluding carboxylic acids is 1. The van der Waals surface area contributed by atoms with Gasteiger partial charge in [0.1, 0.15) is 6.54 Å². The molecule has 2 rings (SSSR count). The fourth-order valence-corrected chi connectivity index (χ4v) is 2.60. The molecule has 0 bridgehead atoms. The fourth-order valence-electron chi connectivity index (χ4n) is 1.75. The van der Waals surface area contributed by atoms with E-state index in [-0.39, 0.29) is 17.7 Å². The van der Waals surface area contributed by atoms with E-state index in [1.165, 1.54) is 22.6 Å². The van der Waals surface area contributed by atoms with Gasteiger partial charge in [0.2, 0.25) is 5.91 Å². The number of aliphatic carboxylic acids is 1. The number of carboxylic acids is 1. The second-order valence-electron chi connectivity index (χ2n) is 4.72. The van der Waals surface area contributed by atoms with E-state index in [9.17, 15) is 9.59 Å². The Morgan fingerprint density at radius 1 is 1.32 bits per heavy atom. The predicted octanol–water partition coefficient (Wildman–Crippen LogP) is 2.23. The van der Waals surface area contributed by atoms with Crippen LogP contribution in [0.5, 0.6) is 0 Å². The molecular weight excluding hydrogens is 302 g/mol. The minimum Gasteiger partial charge on any atom is -0.480 e. The van der Waals surface area contributed by atoms with E-state index in [4.69, 9.17) is 5.11 Å². The summed E-state index contributed by atoms with van der Waals surface area (Å²) < 4.78 is 1.26. The fraction of sp³-hybridized carbons (Fsp3) is 0.267. The van der Waals surface area contributed by atoms with Gasteiger partial charge in [-0.1, -0.05) is 30.3 Å². The molecule has 0 fully saturated rings. The predicted molar refractivity (Wildman–Crippen MR) is 85.7 cm³/mol. The number of anilines is 1. The molecule has 1 heterocycles. The van der Waals surface area contributed by atoms with Crippen LogP contribution in [-0.4, -0.2) is 32.0 Å². The van der Waals surface area contributed by atoms with Gasteiger partial charge in [-0.05, 0) is 12.5 Å². The molecule has 0 aliphatic heterocycles. The van der Waals surface area contributed by atoms with Crippen molar-refractivity contribution in [1.82, 2.24) is 9.78 Å². The summed E-state index contributed by atoms with van der Waals surface area (Å²) in [6.07, 6.45) is 1.52. The van der Waals surface area contributed by atoms with E-state index in [0.717, 1.165) is 11.3 Å². The highest BCUT2D eigenvalue weighted by atomic mass is 32.2. The van der Waals surface area contributed by atoms with Crippen molar-refractivity contribution in [2.24, 2.45) is 0 Å². The quantitative estimate of drug-likeness (QED) is 0.817. The van der Waals surface area contributed by atoms with Gasteiger partial charge in [0.25, 0.3) is 0 Å². The first kappa shape index (κ1) is 16.1. The van der Waals surface area contributed by atoms with Crippen molar-refractivity contribution in [3.63, 3.8) is 0 Å². The number of carboxylic acid groups (broad SMARTS) is 1.